The van der Waals surface area contributed by atoms with Gasteiger partial charge in [0.25, 0.3) is 0 Å². The van der Waals surface area contributed by atoms with Gasteiger partial charge in [0.1, 0.15) is 23.1 Å². The first kappa shape index (κ1) is 18.0. The van der Waals surface area contributed by atoms with Gasteiger partial charge in [0.2, 0.25) is 6.79 Å². The number of hydrogen-bond acceptors (Lipinski definition) is 6. The van der Waals surface area contributed by atoms with E-state index in [0.717, 1.165) is 0 Å². The Bertz CT molecular complexity index is 608. The van der Waals surface area contributed by atoms with Crippen LogP contribution in [0.15, 0.2) is 18.2 Å². The minimum atomic E-state index is -0.0400. The van der Waals surface area contributed by atoms with Crippen molar-refractivity contribution < 1.29 is 28.6 Å². The predicted molar refractivity (Wildman–Crippen MR) is 86.5 cm³/mol. The molecule has 6 heteroatoms. The summed E-state index contributed by atoms with van der Waals surface area (Å²) in [5.41, 5.74) is 0. The molecule has 6 nitrogen and oxygen atoms in total. The van der Waals surface area contributed by atoms with Crippen LogP contribution in [0.1, 0.15) is 45.4 Å². The molecule has 0 amide bonds. The molecule has 0 spiro atoms. The van der Waals surface area contributed by atoms with E-state index < -0.39 is 0 Å². The first-order valence-corrected chi connectivity index (χ1v) is 8.16. The summed E-state index contributed by atoms with van der Waals surface area (Å²) < 4.78 is 16.0. The van der Waals surface area contributed by atoms with E-state index >= 15 is 0 Å². The molecule has 0 saturated heterocycles. The highest BCUT2D eigenvalue weighted by Gasteiger charge is 2.14. The van der Waals surface area contributed by atoms with Crippen molar-refractivity contribution in [1.29, 1.82) is 0 Å². The minimum Gasteiger partial charge on any atom is -0.493 e. The topological polar surface area (TPSA) is 78.9 Å². The number of ether oxygens (including phenoxy) is 3. The quantitative estimate of drug-likeness (QED) is 0.619. The van der Waals surface area contributed by atoms with Gasteiger partial charge in [-0.25, -0.2) is 0 Å². The van der Waals surface area contributed by atoms with Crippen LogP contribution in [0.25, 0.3) is 0 Å². The zero-order valence-corrected chi connectivity index (χ0v) is 13.8. The molecule has 2 rings (SSSR count). The Labute approximate surface area is 141 Å². The van der Waals surface area contributed by atoms with Gasteiger partial charge >= 0.3 is 0 Å². The van der Waals surface area contributed by atoms with Crippen LogP contribution in [0.3, 0.4) is 0 Å². The summed E-state index contributed by atoms with van der Waals surface area (Å²) in [7, 11) is 0. The van der Waals surface area contributed by atoms with Crippen molar-refractivity contribution >= 4 is 17.3 Å². The van der Waals surface area contributed by atoms with E-state index in [1.165, 1.54) is 0 Å². The molecule has 0 saturated carbocycles. The lowest BCUT2D eigenvalue weighted by Gasteiger charge is -2.06. The average molecular weight is 334 g/mol. The lowest BCUT2D eigenvalue weighted by molar-refractivity contribution is -0.126. The summed E-state index contributed by atoms with van der Waals surface area (Å²) in [4.78, 5) is 34.5. The van der Waals surface area contributed by atoms with E-state index in [2.05, 4.69) is 0 Å². The van der Waals surface area contributed by atoms with Gasteiger partial charge in [0.15, 0.2) is 11.5 Å². The maximum absolute atomic E-state index is 11.8. The van der Waals surface area contributed by atoms with Gasteiger partial charge < -0.3 is 14.2 Å². The Balaban J connectivity index is 1.61. The highest BCUT2D eigenvalue weighted by Crippen LogP contribution is 2.35. The van der Waals surface area contributed by atoms with Crippen LogP contribution < -0.4 is 14.2 Å². The van der Waals surface area contributed by atoms with Gasteiger partial charge in [-0.05, 0) is 12.1 Å². The summed E-state index contributed by atoms with van der Waals surface area (Å²) in [6.07, 6.45) is 1.59. The number of benzene rings is 1. The van der Waals surface area contributed by atoms with Gasteiger partial charge in [-0.1, -0.05) is 6.92 Å². The lowest BCUT2D eigenvalue weighted by atomic mass is 10.0. The van der Waals surface area contributed by atoms with Crippen LogP contribution in [0.4, 0.5) is 0 Å². The lowest BCUT2D eigenvalue weighted by Crippen LogP contribution is -2.09. The highest BCUT2D eigenvalue weighted by molar-refractivity contribution is 5.89. The number of ketones is 3. The molecule has 0 radical (unpaired) electrons. The Morgan fingerprint density at radius 3 is 2.25 bits per heavy atom. The van der Waals surface area contributed by atoms with E-state index in [4.69, 9.17) is 14.2 Å². The minimum absolute atomic E-state index is 0.0223. The predicted octanol–water partition coefficient (Wildman–Crippen LogP) is 2.86. The summed E-state index contributed by atoms with van der Waals surface area (Å²) >= 11 is 0. The molecule has 1 aliphatic rings. The summed E-state index contributed by atoms with van der Waals surface area (Å²) in [6, 6.07) is 5.24. The molecule has 24 heavy (non-hydrogen) atoms. The van der Waals surface area contributed by atoms with Crippen LogP contribution in [0.5, 0.6) is 17.2 Å². The van der Waals surface area contributed by atoms with Crippen LogP contribution in [0.2, 0.25) is 0 Å². The zero-order chi connectivity index (χ0) is 17.4. The Morgan fingerprint density at radius 1 is 0.917 bits per heavy atom. The molecule has 1 aromatic carbocycles. The number of carbonyl (C=O) groups is 3. The second-order valence-electron chi connectivity index (χ2n) is 5.58. The SMILES string of the molecule is CCC(=O)CCC(=O)CCC(=O)CCOc1ccc2c(c1)OCO2. The summed E-state index contributed by atoms with van der Waals surface area (Å²) in [6.45, 7) is 2.23. The maximum Gasteiger partial charge on any atom is 0.231 e. The molecule has 1 aliphatic heterocycles. The fraction of sp³-hybridized carbons (Fsp3) is 0.500. The van der Waals surface area contributed by atoms with Crippen LogP contribution in [-0.2, 0) is 14.4 Å². The molecule has 0 atom stereocenters. The molecule has 0 bridgehead atoms. The van der Waals surface area contributed by atoms with Gasteiger partial charge in [-0.3, -0.25) is 14.4 Å². The Kier molecular flexibility index (Phi) is 6.78. The normalized spacial score (nSPS) is 12.0. The van der Waals surface area contributed by atoms with Crippen LogP contribution >= 0.6 is 0 Å². The average Bonchev–Trinajstić information content (AvgIpc) is 3.05. The van der Waals surface area contributed by atoms with Crippen molar-refractivity contribution in [3.05, 3.63) is 18.2 Å². The van der Waals surface area contributed by atoms with E-state index in [-0.39, 0.29) is 62.9 Å². The molecule has 0 unspecified atom stereocenters. The first-order chi connectivity index (χ1) is 11.6. The van der Waals surface area contributed by atoms with Crippen molar-refractivity contribution in [1.82, 2.24) is 0 Å². The molecule has 0 N–H and O–H groups in total. The summed E-state index contributed by atoms with van der Waals surface area (Å²) in [5.74, 6) is 1.94. The van der Waals surface area contributed by atoms with Gasteiger partial charge in [0, 0.05) is 44.6 Å². The summed E-state index contributed by atoms with van der Waals surface area (Å²) in [5, 5.41) is 0. The van der Waals surface area contributed by atoms with Crippen molar-refractivity contribution in [2.45, 2.75) is 45.4 Å². The van der Waals surface area contributed by atoms with Crippen LogP contribution in [0, 0.1) is 0 Å². The molecule has 0 aliphatic carbocycles. The molecular weight excluding hydrogens is 312 g/mol. The number of hydrogen-bond donors (Lipinski definition) is 0. The van der Waals surface area contributed by atoms with E-state index in [9.17, 15) is 14.4 Å². The Morgan fingerprint density at radius 2 is 1.54 bits per heavy atom. The second-order valence-corrected chi connectivity index (χ2v) is 5.58. The monoisotopic (exact) mass is 334 g/mol. The van der Waals surface area contributed by atoms with E-state index in [1.54, 1.807) is 25.1 Å². The molecule has 1 heterocycles. The largest absolute Gasteiger partial charge is 0.493 e. The number of fused-ring (bicyclic) bond motifs is 1. The number of Topliss-reactive ketones (excluding diaryl/α,β-unsaturated/α-hetero) is 3. The third-order valence-corrected chi connectivity index (χ3v) is 3.75. The van der Waals surface area contributed by atoms with Gasteiger partial charge in [0.05, 0.1) is 6.61 Å². The molecule has 1 aromatic rings. The van der Waals surface area contributed by atoms with Crippen LogP contribution in [-0.4, -0.2) is 30.7 Å². The number of carbonyl (C=O) groups excluding carboxylic acids is 3. The standard InChI is InChI=1S/C18H22O6/c1-2-13(19)3-4-14(20)5-6-15(21)9-10-22-16-7-8-17-18(11-16)24-12-23-17/h7-8,11H,2-6,9-10,12H2,1H3. The molecule has 130 valence electrons. The smallest absolute Gasteiger partial charge is 0.231 e. The number of rotatable bonds is 11. The second kappa shape index (κ2) is 9.05. The molecular formula is C18H22O6. The zero-order valence-electron chi connectivity index (χ0n) is 13.8. The van der Waals surface area contributed by atoms with E-state index in [0.29, 0.717) is 23.7 Å². The fourth-order valence-corrected chi connectivity index (χ4v) is 2.23. The van der Waals surface area contributed by atoms with Gasteiger partial charge in [-0.2, -0.15) is 0 Å². The van der Waals surface area contributed by atoms with Crippen molar-refractivity contribution in [3.8, 4) is 17.2 Å². The third-order valence-electron chi connectivity index (χ3n) is 3.75. The van der Waals surface area contributed by atoms with Crippen molar-refractivity contribution in [2.24, 2.45) is 0 Å². The fourth-order valence-electron chi connectivity index (χ4n) is 2.23. The highest BCUT2D eigenvalue weighted by atomic mass is 16.7. The van der Waals surface area contributed by atoms with Crippen molar-refractivity contribution in [3.63, 3.8) is 0 Å². The third kappa shape index (κ3) is 5.68. The first-order valence-electron chi connectivity index (χ1n) is 8.16. The van der Waals surface area contributed by atoms with Crippen molar-refractivity contribution in [2.75, 3.05) is 13.4 Å². The molecule has 0 aromatic heterocycles. The maximum atomic E-state index is 11.8. The van der Waals surface area contributed by atoms with Gasteiger partial charge in [-0.15, -0.1) is 0 Å². The Hall–Kier alpha value is -2.37. The molecule has 0 fully saturated rings. The van der Waals surface area contributed by atoms with E-state index in [1.807, 2.05) is 0 Å².